The molecule has 0 spiro atoms. The zero-order valence-electron chi connectivity index (χ0n) is 10.6. The first-order valence-corrected chi connectivity index (χ1v) is 7.21. The van der Waals surface area contributed by atoms with Crippen molar-refractivity contribution in [2.24, 2.45) is 5.92 Å². The van der Waals surface area contributed by atoms with Gasteiger partial charge >= 0.3 is 0 Å². The molecule has 1 aromatic heterocycles. The van der Waals surface area contributed by atoms with E-state index in [1.807, 2.05) is 11.8 Å². The zero-order chi connectivity index (χ0) is 12.4. The Balaban J connectivity index is 2.21. The number of thiophene rings is 1. The fourth-order valence-electron chi connectivity index (χ4n) is 2.33. The van der Waals surface area contributed by atoms with E-state index in [1.165, 1.54) is 5.56 Å². The summed E-state index contributed by atoms with van der Waals surface area (Å²) in [5.74, 6) is 0.637. The zero-order valence-corrected chi connectivity index (χ0v) is 11.5. The lowest BCUT2D eigenvalue weighted by Crippen LogP contribution is -2.35. The molecule has 3 nitrogen and oxygen atoms in total. The van der Waals surface area contributed by atoms with Crippen LogP contribution in [0.5, 0.6) is 0 Å². The number of likely N-dealkylation sites (N-methyl/N-ethyl adjacent to an activating group) is 1. The van der Waals surface area contributed by atoms with Crippen molar-refractivity contribution in [3.63, 3.8) is 0 Å². The second kappa shape index (κ2) is 5.19. The van der Waals surface area contributed by atoms with E-state index in [9.17, 15) is 4.79 Å². The van der Waals surface area contributed by atoms with E-state index < -0.39 is 0 Å². The summed E-state index contributed by atoms with van der Waals surface area (Å²) in [6.45, 7) is 7.07. The number of hydrogen-bond acceptors (Lipinski definition) is 3. The number of hydrogen-bond donors (Lipinski definition) is 1. The van der Waals surface area contributed by atoms with Crippen LogP contribution in [-0.2, 0) is 4.79 Å². The van der Waals surface area contributed by atoms with Crippen molar-refractivity contribution in [2.45, 2.75) is 39.4 Å². The first-order valence-electron chi connectivity index (χ1n) is 6.27. The number of carbonyl (C=O) groups excluding carboxylic acids is 1. The highest BCUT2D eigenvalue weighted by Crippen LogP contribution is 2.29. The van der Waals surface area contributed by atoms with Gasteiger partial charge in [0.1, 0.15) is 6.17 Å². The molecule has 94 valence electrons. The van der Waals surface area contributed by atoms with Gasteiger partial charge in [0.05, 0.1) is 6.04 Å². The van der Waals surface area contributed by atoms with Gasteiger partial charge in [-0.1, -0.05) is 20.3 Å². The molecule has 1 fully saturated rings. The van der Waals surface area contributed by atoms with Gasteiger partial charge in [0.25, 0.3) is 0 Å². The molecule has 17 heavy (non-hydrogen) atoms. The Kier molecular flexibility index (Phi) is 3.84. The largest absolute Gasteiger partial charge is 0.322 e. The Morgan fingerprint density at radius 1 is 1.53 bits per heavy atom. The summed E-state index contributed by atoms with van der Waals surface area (Å²) >= 11 is 1.68. The van der Waals surface area contributed by atoms with Crippen molar-refractivity contribution in [3.8, 4) is 0 Å². The van der Waals surface area contributed by atoms with Crippen LogP contribution in [0, 0.1) is 5.92 Å². The van der Waals surface area contributed by atoms with Gasteiger partial charge in [-0.05, 0) is 35.2 Å². The standard InChI is InChI=1S/C13H20N2OS/c1-4-9(3)11-13(16)15(5-2)12(14-11)10-6-7-17-8-10/h6-9,11-12,14H,4-5H2,1-3H3. The SMILES string of the molecule is CCC(C)C1NC(c2ccsc2)N(CC)C1=O. The van der Waals surface area contributed by atoms with Crippen molar-refractivity contribution in [1.29, 1.82) is 0 Å². The van der Waals surface area contributed by atoms with Gasteiger partial charge in [-0.15, -0.1) is 0 Å². The third kappa shape index (κ3) is 2.24. The highest BCUT2D eigenvalue weighted by molar-refractivity contribution is 7.07. The molecule has 1 amide bonds. The molecule has 2 rings (SSSR count). The van der Waals surface area contributed by atoms with Gasteiger partial charge in [-0.2, -0.15) is 11.3 Å². The minimum atomic E-state index is -0.0233. The van der Waals surface area contributed by atoms with E-state index in [0.29, 0.717) is 5.92 Å². The molecule has 1 aliphatic rings. The Labute approximate surface area is 107 Å². The summed E-state index contributed by atoms with van der Waals surface area (Å²) in [4.78, 5) is 14.3. The van der Waals surface area contributed by atoms with Crippen molar-refractivity contribution >= 4 is 17.2 Å². The van der Waals surface area contributed by atoms with Crippen LogP contribution < -0.4 is 5.32 Å². The molecule has 0 aliphatic carbocycles. The molecule has 1 saturated heterocycles. The van der Waals surface area contributed by atoms with Gasteiger partial charge in [-0.3, -0.25) is 10.1 Å². The lowest BCUT2D eigenvalue weighted by atomic mass is 9.99. The quantitative estimate of drug-likeness (QED) is 0.893. The van der Waals surface area contributed by atoms with E-state index in [-0.39, 0.29) is 18.1 Å². The number of nitrogens with zero attached hydrogens (tertiary/aromatic N) is 1. The molecule has 4 heteroatoms. The highest BCUT2D eigenvalue weighted by atomic mass is 32.1. The predicted octanol–water partition coefficient (Wildman–Crippen LogP) is 2.61. The molecular weight excluding hydrogens is 232 g/mol. The summed E-state index contributed by atoms with van der Waals surface area (Å²) < 4.78 is 0. The van der Waals surface area contributed by atoms with Gasteiger partial charge < -0.3 is 4.90 Å². The van der Waals surface area contributed by atoms with E-state index in [2.05, 4.69) is 36.0 Å². The number of amides is 1. The molecular formula is C13H20N2OS. The van der Waals surface area contributed by atoms with Crippen LogP contribution in [0.3, 0.4) is 0 Å². The van der Waals surface area contributed by atoms with Crippen LogP contribution in [0.4, 0.5) is 0 Å². The number of nitrogens with one attached hydrogen (secondary N) is 1. The second-order valence-electron chi connectivity index (χ2n) is 4.61. The van der Waals surface area contributed by atoms with Crippen molar-refractivity contribution in [3.05, 3.63) is 22.4 Å². The van der Waals surface area contributed by atoms with Crippen molar-refractivity contribution < 1.29 is 4.79 Å². The summed E-state index contributed by atoms with van der Waals surface area (Å²) in [6, 6.07) is 2.07. The summed E-state index contributed by atoms with van der Waals surface area (Å²) in [6.07, 6.45) is 1.09. The smallest absolute Gasteiger partial charge is 0.241 e. The first-order chi connectivity index (χ1) is 8.19. The monoisotopic (exact) mass is 252 g/mol. The number of rotatable bonds is 4. The summed E-state index contributed by atoms with van der Waals surface area (Å²) in [5, 5.41) is 7.66. The predicted molar refractivity (Wildman–Crippen MR) is 70.8 cm³/mol. The van der Waals surface area contributed by atoms with Crippen LogP contribution in [0.2, 0.25) is 0 Å². The van der Waals surface area contributed by atoms with E-state index in [0.717, 1.165) is 13.0 Å². The van der Waals surface area contributed by atoms with Crippen LogP contribution in [0.15, 0.2) is 16.8 Å². The lowest BCUT2D eigenvalue weighted by molar-refractivity contribution is -0.130. The molecule has 0 saturated carbocycles. The average molecular weight is 252 g/mol. The molecule has 0 radical (unpaired) electrons. The fraction of sp³-hybridized carbons (Fsp3) is 0.615. The lowest BCUT2D eigenvalue weighted by Gasteiger charge is -2.21. The fourth-order valence-corrected chi connectivity index (χ4v) is 3.00. The number of carbonyl (C=O) groups is 1. The topological polar surface area (TPSA) is 32.3 Å². The Morgan fingerprint density at radius 3 is 2.82 bits per heavy atom. The minimum absolute atomic E-state index is 0.0233. The van der Waals surface area contributed by atoms with Crippen LogP contribution in [0.25, 0.3) is 0 Å². The molecule has 0 bridgehead atoms. The summed E-state index contributed by atoms with van der Waals surface area (Å²) in [5.41, 5.74) is 1.20. The van der Waals surface area contributed by atoms with Crippen LogP contribution in [0.1, 0.15) is 38.9 Å². The molecule has 2 heterocycles. The Hall–Kier alpha value is -0.870. The molecule has 3 unspecified atom stereocenters. The first kappa shape index (κ1) is 12.6. The van der Waals surface area contributed by atoms with E-state index >= 15 is 0 Å². The average Bonchev–Trinajstić information content (AvgIpc) is 2.95. The van der Waals surface area contributed by atoms with Crippen molar-refractivity contribution in [2.75, 3.05) is 6.54 Å². The maximum atomic E-state index is 12.3. The van der Waals surface area contributed by atoms with Gasteiger partial charge in [-0.25, -0.2) is 0 Å². The molecule has 0 aromatic carbocycles. The van der Waals surface area contributed by atoms with Gasteiger partial charge in [0.2, 0.25) is 5.91 Å². The van der Waals surface area contributed by atoms with Crippen LogP contribution >= 0.6 is 11.3 Å². The highest BCUT2D eigenvalue weighted by Gasteiger charge is 2.40. The minimum Gasteiger partial charge on any atom is -0.322 e. The third-order valence-electron chi connectivity index (χ3n) is 3.61. The normalized spacial score (nSPS) is 26.5. The van der Waals surface area contributed by atoms with E-state index in [4.69, 9.17) is 0 Å². The third-order valence-corrected chi connectivity index (χ3v) is 4.31. The maximum absolute atomic E-state index is 12.3. The Bertz CT molecular complexity index is 377. The Morgan fingerprint density at radius 2 is 2.29 bits per heavy atom. The second-order valence-corrected chi connectivity index (χ2v) is 5.39. The van der Waals surface area contributed by atoms with Gasteiger partial charge in [0, 0.05) is 6.54 Å². The van der Waals surface area contributed by atoms with Crippen LogP contribution in [-0.4, -0.2) is 23.4 Å². The molecule has 3 atom stereocenters. The van der Waals surface area contributed by atoms with Gasteiger partial charge in [0.15, 0.2) is 0 Å². The van der Waals surface area contributed by atoms with E-state index in [1.54, 1.807) is 11.3 Å². The molecule has 1 aliphatic heterocycles. The maximum Gasteiger partial charge on any atom is 0.241 e. The van der Waals surface area contributed by atoms with Crippen molar-refractivity contribution in [1.82, 2.24) is 10.2 Å². The molecule has 1 N–H and O–H groups in total. The molecule has 1 aromatic rings. The summed E-state index contributed by atoms with van der Waals surface area (Å²) in [7, 11) is 0.